The summed E-state index contributed by atoms with van der Waals surface area (Å²) in [6.45, 7) is 1.94. The van der Waals surface area contributed by atoms with Crippen LogP contribution >= 0.6 is 0 Å². The van der Waals surface area contributed by atoms with Gasteiger partial charge in [0.2, 0.25) is 11.6 Å². The van der Waals surface area contributed by atoms with E-state index in [0.29, 0.717) is 17.1 Å². The number of rotatable bonds is 7. The first kappa shape index (κ1) is 19.8. The van der Waals surface area contributed by atoms with E-state index in [1.165, 1.54) is 6.33 Å². The van der Waals surface area contributed by atoms with E-state index >= 15 is 0 Å². The van der Waals surface area contributed by atoms with Gasteiger partial charge in [-0.25, -0.2) is 9.97 Å². The van der Waals surface area contributed by atoms with Crippen LogP contribution in [0.5, 0.6) is 11.5 Å². The summed E-state index contributed by atoms with van der Waals surface area (Å²) in [6, 6.07) is 24.0. The van der Waals surface area contributed by atoms with Crippen molar-refractivity contribution in [1.82, 2.24) is 9.97 Å². The van der Waals surface area contributed by atoms with E-state index in [1.807, 2.05) is 61.5 Å². The molecule has 0 unspecified atom stereocenters. The van der Waals surface area contributed by atoms with Crippen LogP contribution in [0, 0.1) is 17.0 Å². The van der Waals surface area contributed by atoms with E-state index in [2.05, 4.69) is 20.6 Å². The SMILES string of the molecule is Cc1cccc(Nc2ncnc(Nc3ccc(Oc4ccccc4)cc3)c2[N+](=O)[O-])c1. The van der Waals surface area contributed by atoms with Crippen molar-refractivity contribution in [1.29, 1.82) is 0 Å². The number of aromatic nitrogens is 2. The second kappa shape index (κ2) is 8.91. The Morgan fingerprint density at radius 1 is 0.806 bits per heavy atom. The van der Waals surface area contributed by atoms with Gasteiger partial charge in [-0.3, -0.25) is 10.1 Å². The fourth-order valence-electron chi connectivity index (χ4n) is 2.96. The molecule has 3 aromatic carbocycles. The highest BCUT2D eigenvalue weighted by Crippen LogP contribution is 2.33. The van der Waals surface area contributed by atoms with Crippen molar-refractivity contribution in [3.05, 3.63) is 101 Å². The molecule has 31 heavy (non-hydrogen) atoms. The zero-order valence-electron chi connectivity index (χ0n) is 16.6. The number of aryl methyl sites for hydroxylation is 1. The van der Waals surface area contributed by atoms with Crippen LogP contribution in [0.1, 0.15) is 5.56 Å². The molecule has 0 saturated carbocycles. The summed E-state index contributed by atoms with van der Waals surface area (Å²) < 4.78 is 5.77. The van der Waals surface area contributed by atoms with Crippen LogP contribution in [-0.4, -0.2) is 14.9 Å². The van der Waals surface area contributed by atoms with Crippen LogP contribution in [0.15, 0.2) is 85.2 Å². The van der Waals surface area contributed by atoms with Crippen LogP contribution in [0.3, 0.4) is 0 Å². The summed E-state index contributed by atoms with van der Waals surface area (Å²) in [7, 11) is 0. The zero-order chi connectivity index (χ0) is 21.6. The van der Waals surface area contributed by atoms with Crippen LogP contribution in [0.4, 0.5) is 28.7 Å². The highest BCUT2D eigenvalue weighted by Gasteiger charge is 2.23. The molecule has 1 heterocycles. The number of anilines is 4. The number of hydrogen-bond donors (Lipinski definition) is 2. The molecule has 0 aliphatic carbocycles. The Bertz CT molecular complexity index is 1200. The van der Waals surface area contributed by atoms with Crippen LogP contribution in [-0.2, 0) is 0 Å². The zero-order valence-corrected chi connectivity index (χ0v) is 16.6. The summed E-state index contributed by atoms with van der Waals surface area (Å²) in [5.41, 5.74) is 2.12. The molecule has 0 aliphatic heterocycles. The molecule has 4 rings (SSSR count). The summed E-state index contributed by atoms with van der Waals surface area (Å²) in [6.07, 6.45) is 1.28. The minimum atomic E-state index is -0.507. The highest BCUT2D eigenvalue weighted by molar-refractivity contribution is 5.76. The minimum Gasteiger partial charge on any atom is -0.457 e. The quantitative estimate of drug-likeness (QED) is 0.284. The van der Waals surface area contributed by atoms with Crippen molar-refractivity contribution in [3.8, 4) is 11.5 Å². The van der Waals surface area contributed by atoms with Gasteiger partial charge in [0, 0.05) is 11.4 Å². The Morgan fingerprint density at radius 3 is 2.10 bits per heavy atom. The van der Waals surface area contributed by atoms with Gasteiger partial charge in [-0.2, -0.15) is 0 Å². The molecule has 1 aromatic heterocycles. The summed E-state index contributed by atoms with van der Waals surface area (Å²) in [4.78, 5) is 19.4. The smallest absolute Gasteiger partial charge is 0.353 e. The summed E-state index contributed by atoms with van der Waals surface area (Å²) in [5, 5.41) is 17.8. The monoisotopic (exact) mass is 413 g/mol. The third kappa shape index (κ3) is 4.94. The molecule has 154 valence electrons. The lowest BCUT2D eigenvalue weighted by Gasteiger charge is -2.11. The first-order valence-electron chi connectivity index (χ1n) is 9.51. The maximum atomic E-state index is 11.8. The fourth-order valence-corrected chi connectivity index (χ4v) is 2.96. The molecule has 0 bridgehead atoms. The minimum absolute atomic E-state index is 0.0897. The summed E-state index contributed by atoms with van der Waals surface area (Å²) in [5.74, 6) is 1.57. The number of para-hydroxylation sites is 1. The third-order valence-electron chi connectivity index (χ3n) is 4.38. The van der Waals surface area contributed by atoms with E-state index < -0.39 is 4.92 Å². The van der Waals surface area contributed by atoms with Gasteiger partial charge in [-0.05, 0) is 61.0 Å². The molecule has 4 aromatic rings. The predicted molar refractivity (Wildman–Crippen MR) is 119 cm³/mol. The van der Waals surface area contributed by atoms with Gasteiger partial charge >= 0.3 is 5.69 Å². The molecule has 8 nitrogen and oxygen atoms in total. The second-order valence-electron chi connectivity index (χ2n) is 6.74. The second-order valence-corrected chi connectivity index (χ2v) is 6.74. The largest absolute Gasteiger partial charge is 0.457 e. The van der Waals surface area contributed by atoms with Crippen molar-refractivity contribution >= 4 is 28.7 Å². The standard InChI is InChI=1S/C23H19N5O3/c1-16-6-5-7-18(14-16)27-23-21(28(29)30)22(24-15-25-23)26-17-10-12-20(13-11-17)31-19-8-3-2-4-9-19/h2-15H,1H3,(H2,24,25,26,27). The molecular formula is C23H19N5O3. The average molecular weight is 413 g/mol. The maximum Gasteiger partial charge on any atom is 0.353 e. The van der Waals surface area contributed by atoms with E-state index in [9.17, 15) is 10.1 Å². The molecule has 0 fully saturated rings. The Labute approximate surface area is 178 Å². The Kier molecular flexibility index (Phi) is 5.70. The molecule has 0 saturated heterocycles. The molecular weight excluding hydrogens is 394 g/mol. The molecule has 0 spiro atoms. The number of benzene rings is 3. The van der Waals surface area contributed by atoms with Crippen molar-refractivity contribution in [2.75, 3.05) is 10.6 Å². The van der Waals surface area contributed by atoms with Gasteiger partial charge in [-0.15, -0.1) is 0 Å². The first-order valence-corrected chi connectivity index (χ1v) is 9.51. The normalized spacial score (nSPS) is 10.4. The van der Waals surface area contributed by atoms with Gasteiger partial charge in [0.1, 0.15) is 17.8 Å². The van der Waals surface area contributed by atoms with E-state index in [1.54, 1.807) is 24.3 Å². The van der Waals surface area contributed by atoms with Gasteiger partial charge in [0.15, 0.2) is 0 Å². The van der Waals surface area contributed by atoms with Gasteiger partial charge in [-0.1, -0.05) is 30.3 Å². The topological polar surface area (TPSA) is 102 Å². The number of nitrogens with zero attached hydrogens (tertiary/aromatic N) is 3. The van der Waals surface area contributed by atoms with Crippen LogP contribution in [0.25, 0.3) is 0 Å². The molecule has 0 amide bonds. The number of hydrogen-bond acceptors (Lipinski definition) is 7. The predicted octanol–water partition coefficient (Wildman–Crippen LogP) is 5.97. The lowest BCUT2D eigenvalue weighted by Crippen LogP contribution is -2.05. The van der Waals surface area contributed by atoms with E-state index in [4.69, 9.17) is 4.74 Å². The lowest BCUT2D eigenvalue weighted by atomic mass is 10.2. The van der Waals surface area contributed by atoms with Crippen molar-refractivity contribution in [3.63, 3.8) is 0 Å². The molecule has 8 heteroatoms. The van der Waals surface area contributed by atoms with Crippen molar-refractivity contribution in [2.24, 2.45) is 0 Å². The first-order chi connectivity index (χ1) is 15.1. The van der Waals surface area contributed by atoms with E-state index in [0.717, 1.165) is 11.3 Å². The van der Waals surface area contributed by atoms with E-state index in [-0.39, 0.29) is 17.3 Å². The van der Waals surface area contributed by atoms with Gasteiger partial charge in [0.25, 0.3) is 0 Å². The van der Waals surface area contributed by atoms with Gasteiger partial charge in [0.05, 0.1) is 4.92 Å². The van der Waals surface area contributed by atoms with Crippen molar-refractivity contribution in [2.45, 2.75) is 6.92 Å². The molecule has 0 aliphatic rings. The molecule has 0 radical (unpaired) electrons. The molecule has 2 N–H and O–H groups in total. The maximum absolute atomic E-state index is 11.8. The Hall–Kier alpha value is -4.46. The Morgan fingerprint density at radius 2 is 1.45 bits per heavy atom. The average Bonchev–Trinajstić information content (AvgIpc) is 2.76. The molecule has 0 atom stereocenters. The fraction of sp³-hybridized carbons (Fsp3) is 0.0435. The highest BCUT2D eigenvalue weighted by atomic mass is 16.6. The summed E-state index contributed by atoms with van der Waals surface area (Å²) >= 11 is 0. The number of nitro groups is 1. The third-order valence-corrected chi connectivity index (χ3v) is 4.38. The van der Waals surface area contributed by atoms with Crippen LogP contribution < -0.4 is 15.4 Å². The Balaban J connectivity index is 1.56. The lowest BCUT2D eigenvalue weighted by molar-refractivity contribution is -0.383. The van der Waals surface area contributed by atoms with Gasteiger partial charge < -0.3 is 15.4 Å². The number of nitrogens with one attached hydrogen (secondary N) is 2. The van der Waals surface area contributed by atoms with Crippen LogP contribution in [0.2, 0.25) is 0 Å². The van der Waals surface area contributed by atoms with Crippen molar-refractivity contribution < 1.29 is 9.66 Å². The number of ether oxygens (including phenoxy) is 1.